The summed E-state index contributed by atoms with van der Waals surface area (Å²) in [6.45, 7) is 1.73. The standard InChI is InChI=1S/C14H21N3O3/c1-18-12-5-3-4-11(8-12)17-13(15)16-9-14(19-2)6-7-20-10-14/h3-5,8H,6-7,9-10H2,1-2H3,(H3,15,16,17). The van der Waals surface area contributed by atoms with Crippen molar-refractivity contribution in [3.63, 3.8) is 0 Å². The molecule has 1 aliphatic heterocycles. The lowest BCUT2D eigenvalue weighted by Gasteiger charge is -2.23. The van der Waals surface area contributed by atoms with E-state index >= 15 is 0 Å². The highest BCUT2D eigenvalue weighted by molar-refractivity contribution is 5.92. The van der Waals surface area contributed by atoms with E-state index in [2.05, 4.69) is 10.3 Å². The molecule has 1 heterocycles. The van der Waals surface area contributed by atoms with Gasteiger partial charge in [0, 0.05) is 31.9 Å². The Bertz CT molecular complexity index is 470. The van der Waals surface area contributed by atoms with E-state index in [9.17, 15) is 0 Å². The monoisotopic (exact) mass is 279 g/mol. The zero-order valence-corrected chi connectivity index (χ0v) is 11.9. The molecular formula is C14H21N3O3. The van der Waals surface area contributed by atoms with Crippen molar-refractivity contribution in [2.75, 3.05) is 39.3 Å². The second-order valence-electron chi connectivity index (χ2n) is 4.75. The van der Waals surface area contributed by atoms with Crippen LogP contribution in [-0.2, 0) is 9.47 Å². The molecule has 0 radical (unpaired) electrons. The maximum atomic E-state index is 5.89. The molecule has 0 amide bonds. The van der Waals surface area contributed by atoms with Gasteiger partial charge in [-0.2, -0.15) is 0 Å². The molecule has 0 aromatic heterocycles. The average Bonchev–Trinajstić information content (AvgIpc) is 2.95. The van der Waals surface area contributed by atoms with Crippen LogP contribution in [0.1, 0.15) is 6.42 Å². The van der Waals surface area contributed by atoms with E-state index in [4.69, 9.17) is 19.9 Å². The summed E-state index contributed by atoms with van der Waals surface area (Å²) in [5.74, 6) is 1.11. The number of ether oxygens (including phenoxy) is 3. The Morgan fingerprint density at radius 1 is 1.50 bits per heavy atom. The first kappa shape index (κ1) is 14.6. The van der Waals surface area contributed by atoms with Crippen molar-refractivity contribution in [3.8, 4) is 5.75 Å². The minimum atomic E-state index is -0.347. The summed E-state index contributed by atoms with van der Waals surface area (Å²) < 4.78 is 16.0. The number of hydrogen-bond acceptors (Lipinski definition) is 4. The minimum Gasteiger partial charge on any atom is -0.497 e. The summed E-state index contributed by atoms with van der Waals surface area (Å²) in [7, 11) is 3.30. The van der Waals surface area contributed by atoms with Crippen LogP contribution in [0.2, 0.25) is 0 Å². The van der Waals surface area contributed by atoms with Gasteiger partial charge in [-0.1, -0.05) is 6.07 Å². The van der Waals surface area contributed by atoms with Crippen molar-refractivity contribution in [2.45, 2.75) is 12.0 Å². The maximum Gasteiger partial charge on any atom is 0.193 e. The fraction of sp³-hybridized carbons (Fsp3) is 0.500. The third-order valence-electron chi connectivity index (χ3n) is 3.38. The number of aliphatic imine (C=N–C) groups is 1. The molecule has 2 rings (SSSR count). The van der Waals surface area contributed by atoms with Crippen molar-refractivity contribution in [2.24, 2.45) is 10.7 Å². The highest BCUT2D eigenvalue weighted by Gasteiger charge is 2.34. The smallest absolute Gasteiger partial charge is 0.193 e. The second-order valence-corrected chi connectivity index (χ2v) is 4.75. The molecule has 1 aromatic carbocycles. The lowest BCUT2D eigenvalue weighted by molar-refractivity contribution is -0.00900. The fourth-order valence-electron chi connectivity index (χ4n) is 2.06. The van der Waals surface area contributed by atoms with Crippen LogP contribution >= 0.6 is 0 Å². The molecule has 1 aromatic rings. The molecule has 1 saturated heterocycles. The first-order chi connectivity index (χ1) is 9.67. The average molecular weight is 279 g/mol. The lowest BCUT2D eigenvalue weighted by atomic mass is 10.0. The van der Waals surface area contributed by atoms with Gasteiger partial charge in [0.25, 0.3) is 0 Å². The highest BCUT2D eigenvalue weighted by atomic mass is 16.5. The summed E-state index contributed by atoms with van der Waals surface area (Å²) >= 11 is 0. The third-order valence-corrected chi connectivity index (χ3v) is 3.38. The van der Waals surface area contributed by atoms with Gasteiger partial charge in [-0.3, -0.25) is 4.99 Å². The molecule has 1 atom stereocenters. The number of nitrogens with two attached hydrogens (primary N) is 1. The number of guanidine groups is 1. The zero-order chi connectivity index (χ0) is 14.4. The van der Waals surface area contributed by atoms with E-state index in [1.54, 1.807) is 14.2 Å². The fourth-order valence-corrected chi connectivity index (χ4v) is 2.06. The molecule has 0 saturated carbocycles. The van der Waals surface area contributed by atoms with Crippen LogP contribution in [0.5, 0.6) is 5.75 Å². The van der Waals surface area contributed by atoms with Gasteiger partial charge in [0.15, 0.2) is 5.96 Å². The number of benzene rings is 1. The normalized spacial score (nSPS) is 22.8. The molecule has 110 valence electrons. The van der Waals surface area contributed by atoms with Gasteiger partial charge < -0.3 is 25.3 Å². The van der Waals surface area contributed by atoms with Crippen LogP contribution in [0.25, 0.3) is 0 Å². The lowest BCUT2D eigenvalue weighted by Crippen LogP contribution is -2.37. The Kier molecular flexibility index (Phi) is 4.81. The molecule has 20 heavy (non-hydrogen) atoms. The molecule has 0 bridgehead atoms. The molecular weight excluding hydrogens is 258 g/mol. The van der Waals surface area contributed by atoms with Gasteiger partial charge >= 0.3 is 0 Å². The van der Waals surface area contributed by atoms with Crippen LogP contribution in [-0.4, -0.2) is 45.5 Å². The summed E-state index contributed by atoms with van der Waals surface area (Å²) in [6.07, 6.45) is 0.833. The van der Waals surface area contributed by atoms with Crippen LogP contribution in [0.4, 0.5) is 5.69 Å². The summed E-state index contributed by atoms with van der Waals surface area (Å²) in [4.78, 5) is 4.34. The number of methoxy groups -OCH3 is 2. The topological polar surface area (TPSA) is 78.1 Å². The van der Waals surface area contributed by atoms with Crippen molar-refractivity contribution in [1.29, 1.82) is 0 Å². The molecule has 1 fully saturated rings. The van der Waals surface area contributed by atoms with Crippen molar-refractivity contribution >= 4 is 11.6 Å². The molecule has 0 spiro atoms. The largest absolute Gasteiger partial charge is 0.497 e. The van der Waals surface area contributed by atoms with E-state index in [1.165, 1.54) is 0 Å². The van der Waals surface area contributed by atoms with Crippen molar-refractivity contribution in [3.05, 3.63) is 24.3 Å². The Morgan fingerprint density at radius 2 is 2.35 bits per heavy atom. The molecule has 0 aliphatic carbocycles. The Hall–Kier alpha value is -1.79. The second kappa shape index (κ2) is 6.58. The Morgan fingerprint density at radius 3 is 3.00 bits per heavy atom. The van der Waals surface area contributed by atoms with Crippen molar-refractivity contribution in [1.82, 2.24) is 0 Å². The predicted octanol–water partition coefficient (Wildman–Crippen LogP) is 1.23. The van der Waals surface area contributed by atoms with Crippen LogP contribution in [0.15, 0.2) is 29.3 Å². The molecule has 6 heteroatoms. The van der Waals surface area contributed by atoms with E-state index in [-0.39, 0.29) is 5.60 Å². The molecule has 6 nitrogen and oxygen atoms in total. The molecule has 3 N–H and O–H groups in total. The van der Waals surface area contributed by atoms with Crippen LogP contribution in [0, 0.1) is 0 Å². The van der Waals surface area contributed by atoms with Gasteiger partial charge in [0.1, 0.15) is 11.4 Å². The van der Waals surface area contributed by atoms with Crippen LogP contribution in [0.3, 0.4) is 0 Å². The summed E-state index contributed by atoms with van der Waals surface area (Å²) in [5.41, 5.74) is 6.38. The Labute approximate surface area is 118 Å². The first-order valence-electron chi connectivity index (χ1n) is 6.51. The van der Waals surface area contributed by atoms with Gasteiger partial charge in [-0.05, 0) is 12.1 Å². The number of nitrogens with one attached hydrogen (secondary N) is 1. The van der Waals surface area contributed by atoms with E-state index in [1.807, 2.05) is 24.3 Å². The Balaban J connectivity index is 1.96. The summed E-state index contributed by atoms with van der Waals surface area (Å²) in [5, 5.41) is 3.03. The predicted molar refractivity (Wildman–Crippen MR) is 78.3 cm³/mol. The SMILES string of the molecule is COc1cccc(NC(N)=NCC2(OC)CCOC2)c1. The van der Waals surface area contributed by atoms with E-state index < -0.39 is 0 Å². The summed E-state index contributed by atoms with van der Waals surface area (Å²) in [6, 6.07) is 7.51. The highest BCUT2D eigenvalue weighted by Crippen LogP contribution is 2.23. The molecule has 1 unspecified atom stereocenters. The van der Waals surface area contributed by atoms with E-state index in [0.717, 1.165) is 17.9 Å². The van der Waals surface area contributed by atoms with Gasteiger partial charge in [0.2, 0.25) is 0 Å². The quantitative estimate of drug-likeness (QED) is 0.626. The molecule has 1 aliphatic rings. The minimum absolute atomic E-state index is 0.347. The van der Waals surface area contributed by atoms with Crippen LogP contribution < -0.4 is 15.8 Å². The first-order valence-corrected chi connectivity index (χ1v) is 6.51. The zero-order valence-electron chi connectivity index (χ0n) is 11.9. The van der Waals surface area contributed by atoms with Crippen molar-refractivity contribution < 1.29 is 14.2 Å². The van der Waals surface area contributed by atoms with Gasteiger partial charge in [-0.25, -0.2) is 0 Å². The number of anilines is 1. The number of nitrogens with zero attached hydrogens (tertiary/aromatic N) is 1. The maximum absolute atomic E-state index is 5.89. The third kappa shape index (κ3) is 3.61. The number of hydrogen-bond donors (Lipinski definition) is 2. The van der Waals surface area contributed by atoms with E-state index in [0.29, 0.717) is 25.7 Å². The van der Waals surface area contributed by atoms with Gasteiger partial charge in [0.05, 0.1) is 20.3 Å². The van der Waals surface area contributed by atoms with Gasteiger partial charge in [-0.15, -0.1) is 0 Å². The number of rotatable bonds is 5.